The number of likely N-dealkylation sites (N-methyl/N-ethyl adjacent to an activating group) is 1. The van der Waals surface area contributed by atoms with E-state index in [-0.39, 0.29) is 17.9 Å². The van der Waals surface area contributed by atoms with Crippen LogP contribution in [0.3, 0.4) is 0 Å². The van der Waals surface area contributed by atoms with Crippen LogP contribution in [0.1, 0.15) is 33.6 Å². The third-order valence-corrected chi connectivity index (χ3v) is 2.87. The van der Waals surface area contributed by atoms with Crippen molar-refractivity contribution < 1.29 is 5.11 Å². The van der Waals surface area contributed by atoms with Gasteiger partial charge in [-0.3, -0.25) is 5.41 Å². The SMILES string of the molecule is CCN(CCO)CCCC(C)(C)C(=N)N. The van der Waals surface area contributed by atoms with E-state index in [0.29, 0.717) is 0 Å². The molecule has 0 saturated heterocycles. The number of aliphatic hydroxyl groups excluding tert-OH is 1. The van der Waals surface area contributed by atoms with E-state index in [1.807, 2.05) is 13.8 Å². The maximum atomic E-state index is 8.82. The number of nitrogens with one attached hydrogen (secondary N) is 1. The van der Waals surface area contributed by atoms with Gasteiger partial charge in [-0.15, -0.1) is 0 Å². The maximum absolute atomic E-state index is 8.82. The zero-order valence-electron chi connectivity index (χ0n) is 10.2. The summed E-state index contributed by atoms with van der Waals surface area (Å²) in [6, 6.07) is 0. The Kier molecular flexibility index (Phi) is 6.52. The van der Waals surface area contributed by atoms with E-state index in [4.69, 9.17) is 16.2 Å². The van der Waals surface area contributed by atoms with Gasteiger partial charge >= 0.3 is 0 Å². The Morgan fingerprint density at radius 1 is 1.40 bits per heavy atom. The molecule has 4 nitrogen and oxygen atoms in total. The molecule has 0 saturated carbocycles. The number of rotatable bonds is 8. The summed E-state index contributed by atoms with van der Waals surface area (Å²) >= 11 is 0. The quantitative estimate of drug-likeness (QED) is 0.418. The smallest absolute Gasteiger partial charge is 0.0963 e. The van der Waals surface area contributed by atoms with Crippen LogP contribution in [0.4, 0.5) is 0 Å². The largest absolute Gasteiger partial charge is 0.395 e. The average Bonchev–Trinajstić information content (AvgIpc) is 2.16. The molecule has 0 aromatic rings. The lowest BCUT2D eigenvalue weighted by Crippen LogP contribution is -2.33. The molecule has 0 spiro atoms. The van der Waals surface area contributed by atoms with Crippen LogP contribution < -0.4 is 5.73 Å². The second-order valence-electron chi connectivity index (χ2n) is 4.56. The van der Waals surface area contributed by atoms with Crippen molar-refractivity contribution in [2.45, 2.75) is 33.6 Å². The molecule has 15 heavy (non-hydrogen) atoms. The van der Waals surface area contributed by atoms with Gasteiger partial charge in [-0.2, -0.15) is 0 Å². The van der Waals surface area contributed by atoms with Gasteiger partial charge in [0.2, 0.25) is 0 Å². The molecular weight excluding hydrogens is 190 g/mol. The molecule has 0 aliphatic heterocycles. The molecule has 0 aromatic heterocycles. The van der Waals surface area contributed by atoms with Crippen LogP contribution >= 0.6 is 0 Å². The number of nitrogens with two attached hydrogens (primary N) is 1. The predicted octanol–water partition coefficient (Wildman–Crippen LogP) is 1.04. The average molecular weight is 215 g/mol. The Morgan fingerprint density at radius 2 is 2.00 bits per heavy atom. The van der Waals surface area contributed by atoms with Gasteiger partial charge < -0.3 is 15.7 Å². The monoisotopic (exact) mass is 215 g/mol. The van der Waals surface area contributed by atoms with Crippen LogP contribution in [0.15, 0.2) is 0 Å². The van der Waals surface area contributed by atoms with Crippen molar-refractivity contribution in [3.8, 4) is 0 Å². The molecule has 0 radical (unpaired) electrons. The van der Waals surface area contributed by atoms with Gasteiger partial charge in [0.05, 0.1) is 12.4 Å². The van der Waals surface area contributed by atoms with Crippen molar-refractivity contribution in [3.63, 3.8) is 0 Å². The number of amidine groups is 1. The van der Waals surface area contributed by atoms with Gasteiger partial charge in [-0.25, -0.2) is 0 Å². The van der Waals surface area contributed by atoms with Gasteiger partial charge in [-0.1, -0.05) is 20.8 Å². The molecule has 0 aliphatic carbocycles. The lowest BCUT2D eigenvalue weighted by atomic mass is 9.86. The third-order valence-electron chi connectivity index (χ3n) is 2.87. The molecule has 0 aromatic carbocycles. The maximum Gasteiger partial charge on any atom is 0.0963 e. The fraction of sp³-hybridized carbons (Fsp3) is 0.909. The van der Waals surface area contributed by atoms with Gasteiger partial charge in [0.15, 0.2) is 0 Å². The molecule has 0 fully saturated rings. The van der Waals surface area contributed by atoms with Crippen molar-refractivity contribution in [1.82, 2.24) is 4.90 Å². The zero-order valence-corrected chi connectivity index (χ0v) is 10.2. The zero-order chi connectivity index (χ0) is 11.9. The summed E-state index contributed by atoms with van der Waals surface area (Å²) < 4.78 is 0. The summed E-state index contributed by atoms with van der Waals surface area (Å²) in [5, 5.41) is 16.3. The summed E-state index contributed by atoms with van der Waals surface area (Å²) in [6.45, 7) is 8.96. The van der Waals surface area contributed by atoms with Crippen LogP contribution in [-0.4, -0.2) is 42.1 Å². The van der Waals surface area contributed by atoms with Crippen molar-refractivity contribution in [2.75, 3.05) is 26.2 Å². The van der Waals surface area contributed by atoms with Crippen LogP contribution in [0.25, 0.3) is 0 Å². The van der Waals surface area contributed by atoms with Crippen molar-refractivity contribution in [3.05, 3.63) is 0 Å². The highest BCUT2D eigenvalue weighted by Gasteiger charge is 2.20. The first-order valence-corrected chi connectivity index (χ1v) is 5.61. The Morgan fingerprint density at radius 3 is 2.40 bits per heavy atom. The Hall–Kier alpha value is -0.610. The molecule has 0 bridgehead atoms. The lowest BCUT2D eigenvalue weighted by molar-refractivity contribution is 0.196. The number of hydrogen-bond donors (Lipinski definition) is 3. The molecule has 0 atom stereocenters. The first-order chi connectivity index (χ1) is 6.94. The van der Waals surface area contributed by atoms with Crippen LogP contribution in [0.2, 0.25) is 0 Å². The Balaban J connectivity index is 3.81. The molecule has 0 aliphatic rings. The highest BCUT2D eigenvalue weighted by atomic mass is 16.3. The summed E-state index contributed by atoms with van der Waals surface area (Å²) in [4.78, 5) is 2.20. The van der Waals surface area contributed by atoms with Crippen molar-refractivity contribution >= 4 is 5.84 Å². The van der Waals surface area contributed by atoms with E-state index in [9.17, 15) is 0 Å². The fourth-order valence-corrected chi connectivity index (χ4v) is 1.45. The molecule has 0 rings (SSSR count). The Bertz CT molecular complexity index is 192. The molecule has 0 unspecified atom stereocenters. The third kappa shape index (κ3) is 5.74. The van der Waals surface area contributed by atoms with Crippen molar-refractivity contribution in [2.24, 2.45) is 11.1 Å². The number of aliphatic hydroxyl groups is 1. The molecule has 4 heteroatoms. The van der Waals surface area contributed by atoms with E-state index in [2.05, 4.69) is 11.8 Å². The predicted molar refractivity (Wildman–Crippen MR) is 64.1 cm³/mol. The molecule has 0 amide bonds. The van der Waals surface area contributed by atoms with E-state index in [1.165, 1.54) is 0 Å². The number of nitrogens with zero attached hydrogens (tertiary/aromatic N) is 1. The first kappa shape index (κ1) is 14.4. The van der Waals surface area contributed by atoms with Crippen LogP contribution in [0, 0.1) is 10.8 Å². The van der Waals surface area contributed by atoms with E-state index >= 15 is 0 Å². The van der Waals surface area contributed by atoms with Crippen LogP contribution in [0.5, 0.6) is 0 Å². The van der Waals surface area contributed by atoms with E-state index in [0.717, 1.165) is 32.5 Å². The topological polar surface area (TPSA) is 73.3 Å². The van der Waals surface area contributed by atoms with Crippen LogP contribution in [-0.2, 0) is 0 Å². The van der Waals surface area contributed by atoms with Gasteiger partial charge in [0.1, 0.15) is 0 Å². The fourth-order valence-electron chi connectivity index (χ4n) is 1.45. The molecule has 90 valence electrons. The highest BCUT2D eigenvalue weighted by molar-refractivity contribution is 5.82. The molecule has 4 N–H and O–H groups in total. The van der Waals surface area contributed by atoms with Gasteiger partial charge in [-0.05, 0) is 25.9 Å². The standard InChI is InChI=1S/C11H25N3O/c1-4-14(8-9-15)7-5-6-11(2,3)10(12)13/h15H,4-9H2,1-3H3,(H3,12,13). The second-order valence-corrected chi connectivity index (χ2v) is 4.56. The minimum absolute atomic E-state index is 0.196. The first-order valence-electron chi connectivity index (χ1n) is 5.61. The van der Waals surface area contributed by atoms with Gasteiger partial charge in [0, 0.05) is 12.0 Å². The summed E-state index contributed by atoms with van der Waals surface area (Å²) in [5.74, 6) is 0.257. The van der Waals surface area contributed by atoms with Gasteiger partial charge in [0.25, 0.3) is 0 Å². The molecular formula is C11H25N3O. The summed E-state index contributed by atoms with van der Waals surface area (Å²) in [7, 11) is 0. The minimum Gasteiger partial charge on any atom is -0.395 e. The van der Waals surface area contributed by atoms with Crippen molar-refractivity contribution in [1.29, 1.82) is 5.41 Å². The summed E-state index contributed by atoms with van der Waals surface area (Å²) in [5.41, 5.74) is 5.31. The second kappa shape index (κ2) is 6.80. The number of hydrogen-bond acceptors (Lipinski definition) is 3. The van der Waals surface area contributed by atoms with E-state index in [1.54, 1.807) is 0 Å². The summed E-state index contributed by atoms with van der Waals surface area (Å²) in [6.07, 6.45) is 1.94. The normalized spacial score (nSPS) is 12.1. The highest BCUT2D eigenvalue weighted by Crippen LogP contribution is 2.21. The Labute approximate surface area is 93.0 Å². The molecule has 0 heterocycles. The minimum atomic E-state index is -0.196. The lowest BCUT2D eigenvalue weighted by Gasteiger charge is -2.25. The van der Waals surface area contributed by atoms with E-state index < -0.39 is 0 Å².